The molecule has 0 bridgehead atoms. The van der Waals surface area contributed by atoms with Crippen molar-refractivity contribution >= 4 is 11.1 Å². The van der Waals surface area contributed by atoms with Crippen molar-refractivity contribution in [2.45, 2.75) is 13.3 Å². The molecule has 0 aliphatic heterocycles. The SMILES string of the molecule is CCc1nc2cc(O)ccc2o1. The van der Waals surface area contributed by atoms with Gasteiger partial charge in [-0.3, -0.25) is 0 Å². The molecular weight excluding hydrogens is 154 g/mol. The number of oxazole rings is 1. The Hall–Kier alpha value is -1.51. The predicted molar refractivity (Wildman–Crippen MR) is 45.1 cm³/mol. The smallest absolute Gasteiger partial charge is 0.195 e. The number of phenolic OH excluding ortho intramolecular Hbond substituents is 1. The Morgan fingerprint density at radius 2 is 2.33 bits per heavy atom. The third kappa shape index (κ3) is 1.03. The Labute approximate surface area is 69.7 Å². The van der Waals surface area contributed by atoms with E-state index in [1.165, 1.54) is 0 Å². The van der Waals surface area contributed by atoms with Gasteiger partial charge in [-0.05, 0) is 12.1 Å². The van der Waals surface area contributed by atoms with E-state index < -0.39 is 0 Å². The van der Waals surface area contributed by atoms with Crippen molar-refractivity contribution in [3.63, 3.8) is 0 Å². The zero-order valence-electron chi connectivity index (χ0n) is 6.74. The van der Waals surface area contributed by atoms with Gasteiger partial charge in [0.1, 0.15) is 11.3 Å². The standard InChI is InChI=1S/C9H9NO2/c1-2-9-10-7-5-6(11)3-4-8(7)12-9/h3-5,11H,2H2,1H3. The van der Waals surface area contributed by atoms with Crippen molar-refractivity contribution in [3.05, 3.63) is 24.1 Å². The molecule has 2 aromatic rings. The molecule has 0 saturated heterocycles. The van der Waals surface area contributed by atoms with E-state index in [1.54, 1.807) is 18.2 Å². The van der Waals surface area contributed by atoms with Gasteiger partial charge in [0.25, 0.3) is 0 Å². The van der Waals surface area contributed by atoms with Crippen LogP contribution in [0.15, 0.2) is 22.6 Å². The second-order valence-corrected chi connectivity index (χ2v) is 2.61. The largest absolute Gasteiger partial charge is 0.508 e. The van der Waals surface area contributed by atoms with Gasteiger partial charge in [0, 0.05) is 12.5 Å². The minimum absolute atomic E-state index is 0.221. The van der Waals surface area contributed by atoms with E-state index >= 15 is 0 Å². The number of aryl methyl sites for hydroxylation is 1. The summed E-state index contributed by atoms with van der Waals surface area (Å²) in [6.07, 6.45) is 0.773. The molecule has 0 spiro atoms. The van der Waals surface area contributed by atoms with E-state index in [0.29, 0.717) is 11.4 Å². The molecule has 0 radical (unpaired) electrons. The van der Waals surface area contributed by atoms with E-state index in [-0.39, 0.29) is 5.75 Å². The minimum Gasteiger partial charge on any atom is -0.508 e. The van der Waals surface area contributed by atoms with Crippen molar-refractivity contribution in [2.75, 3.05) is 0 Å². The third-order valence-corrected chi connectivity index (χ3v) is 1.72. The van der Waals surface area contributed by atoms with Crippen molar-refractivity contribution in [1.82, 2.24) is 4.98 Å². The molecular formula is C9H9NO2. The Morgan fingerprint density at radius 1 is 1.50 bits per heavy atom. The van der Waals surface area contributed by atoms with Gasteiger partial charge in [0.2, 0.25) is 0 Å². The first-order valence-electron chi connectivity index (χ1n) is 3.88. The average Bonchev–Trinajstić information content (AvgIpc) is 2.46. The molecule has 1 N–H and O–H groups in total. The van der Waals surface area contributed by atoms with Gasteiger partial charge in [-0.25, -0.2) is 4.98 Å². The molecule has 0 amide bonds. The van der Waals surface area contributed by atoms with Gasteiger partial charge < -0.3 is 9.52 Å². The van der Waals surface area contributed by atoms with E-state index in [2.05, 4.69) is 4.98 Å². The Balaban J connectivity index is 2.67. The monoisotopic (exact) mass is 163 g/mol. The third-order valence-electron chi connectivity index (χ3n) is 1.72. The summed E-state index contributed by atoms with van der Waals surface area (Å²) in [7, 11) is 0. The molecule has 2 rings (SSSR count). The van der Waals surface area contributed by atoms with Crippen molar-refractivity contribution < 1.29 is 9.52 Å². The molecule has 0 aliphatic rings. The molecule has 1 aromatic heterocycles. The molecule has 0 atom stereocenters. The molecule has 0 fully saturated rings. The summed E-state index contributed by atoms with van der Waals surface area (Å²) in [5.41, 5.74) is 1.44. The van der Waals surface area contributed by atoms with Crippen LogP contribution in [0.2, 0.25) is 0 Å². The Morgan fingerprint density at radius 3 is 3.08 bits per heavy atom. The first-order chi connectivity index (χ1) is 5.79. The van der Waals surface area contributed by atoms with Gasteiger partial charge in [0.05, 0.1) is 0 Å². The summed E-state index contributed by atoms with van der Waals surface area (Å²) >= 11 is 0. The Kier molecular flexibility index (Phi) is 1.50. The summed E-state index contributed by atoms with van der Waals surface area (Å²) in [4.78, 5) is 4.17. The van der Waals surface area contributed by atoms with Gasteiger partial charge in [-0.1, -0.05) is 6.92 Å². The quantitative estimate of drug-likeness (QED) is 0.700. The average molecular weight is 163 g/mol. The fraction of sp³-hybridized carbons (Fsp3) is 0.222. The van der Waals surface area contributed by atoms with Crippen LogP contribution in [-0.4, -0.2) is 10.1 Å². The summed E-state index contributed by atoms with van der Waals surface area (Å²) in [5.74, 6) is 0.925. The van der Waals surface area contributed by atoms with Crippen LogP contribution < -0.4 is 0 Å². The fourth-order valence-corrected chi connectivity index (χ4v) is 1.11. The van der Waals surface area contributed by atoms with E-state index in [4.69, 9.17) is 9.52 Å². The highest BCUT2D eigenvalue weighted by Crippen LogP contribution is 2.20. The number of phenols is 1. The lowest BCUT2D eigenvalue weighted by Crippen LogP contribution is -1.75. The molecule has 3 heteroatoms. The second-order valence-electron chi connectivity index (χ2n) is 2.61. The first-order valence-corrected chi connectivity index (χ1v) is 3.88. The molecule has 0 saturated carbocycles. The number of nitrogens with zero attached hydrogens (tertiary/aromatic N) is 1. The number of hydrogen-bond donors (Lipinski definition) is 1. The maximum absolute atomic E-state index is 9.13. The molecule has 12 heavy (non-hydrogen) atoms. The fourth-order valence-electron chi connectivity index (χ4n) is 1.11. The van der Waals surface area contributed by atoms with Gasteiger partial charge >= 0.3 is 0 Å². The number of aromatic hydroxyl groups is 1. The highest BCUT2D eigenvalue weighted by atomic mass is 16.3. The predicted octanol–water partition coefficient (Wildman–Crippen LogP) is 2.10. The summed E-state index contributed by atoms with van der Waals surface area (Å²) in [6, 6.07) is 4.90. The Bertz CT molecular complexity index is 406. The summed E-state index contributed by atoms with van der Waals surface area (Å²) in [5, 5.41) is 9.13. The highest BCUT2D eigenvalue weighted by molar-refractivity contribution is 5.74. The summed E-state index contributed by atoms with van der Waals surface area (Å²) in [6.45, 7) is 1.98. The minimum atomic E-state index is 0.221. The van der Waals surface area contributed by atoms with Crippen molar-refractivity contribution in [3.8, 4) is 5.75 Å². The van der Waals surface area contributed by atoms with E-state index in [0.717, 1.165) is 12.0 Å². The van der Waals surface area contributed by atoms with Crippen LogP contribution in [0.3, 0.4) is 0 Å². The number of benzene rings is 1. The molecule has 62 valence electrons. The zero-order chi connectivity index (χ0) is 8.55. The number of fused-ring (bicyclic) bond motifs is 1. The number of hydrogen-bond acceptors (Lipinski definition) is 3. The molecule has 3 nitrogen and oxygen atoms in total. The van der Waals surface area contributed by atoms with E-state index in [9.17, 15) is 0 Å². The topological polar surface area (TPSA) is 46.3 Å². The van der Waals surface area contributed by atoms with Crippen LogP contribution in [0.5, 0.6) is 5.75 Å². The lowest BCUT2D eigenvalue weighted by atomic mass is 10.3. The maximum atomic E-state index is 9.13. The molecule has 0 unspecified atom stereocenters. The van der Waals surface area contributed by atoms with Gasteiger partial charge in [-0.15, -0.1) is 0 Å². The highest BCUT2D eigenvalue weighted by Gasteiger charge is 2.03. The summed E-state index contributed by atoms with van der Waals surface area (Å²) < 4.78 is 5.35. The van der Waals surface area contributed by atoms with E-state index in [1.807, 2.05) is 6.92 Å². The first kappa shape index (κ1) is 7.16. The lowest BCUT2D eigenvalue weighted by Gasteiger charge is -1.87. The van der Waals surface area contributed by atoms with Crippen LogP contribution in [-0.2, 0) is 6.42 Å². The maximum Gasteiger partial charge on any atom is 0.195 e. The van der Waals surface area contributed by atoms with Crippen molar-refractivity contribution in [1.29, 1.82) is 0 Å². The van der Waals surface area contributed by atoms with Crippen LogP contribution >= 0.6 is 0 Å². The second kappa shape index (κ2) is 2.52. The molecule has 1 aromatic carbocycles. The number of aromatic nitrogens is 1. The number of rotatable bonds is 1. The van der Waals surface area contributed by atoms with Crippen LogP contribution in [0, 0.1) is 0 Å². The van der Waals surface area contributed by atoms with Crippen LogP contribution in [0.1, 0.15) is 12.8 Å². The molecule has 0 aliphatic carbocycles. The lowest BCUT2D eigenvalue weighted by molar-refractivity contribution is 0.475. The van der Waals surface area contributed by atoms with Gasteiger partial charge in [0.15, 0.2) is 11.5 Å². The zero-order valence-corrected chi connectivity index (χ0v) is 6.74. The normalized spacial score (nSPS) is 10.8. The van der Waals surface area contributed by atoms with Crippen molar-refractivity contribution in [2.24, 2.45) is 0 Å². The van der Waals surface area contributed by atoms with Crippen LogP contribution in [0.25, 0.3) is 11.1 Å². The van der Waals surface area contributed by atoms with Crippen LogP contribution in [0.4, 0.5) is 0 Å². The molecule has 1 heterocycles. The van der Waals surface area contributed by atoms with Gasteiger partial charge in [-0.2, -0.15) is 0 Å².